The van der Waals surface area contributed by atoms with Crippen LogP contribution in [0.2, 0.25) is 0 Å². The van der Waals surface area contributed by atoms with Crippen LogP contribution in [-0.4, -0.2) is 23.0 Å². The number of hydrogen-bond acceptors (Lipinski definition) is 1. The van der Waals surface area contributed by atoms with Gasteiger partial charge < -0.3 is 0 Å². The van der Waals surface area contributed by atoms with E-state index in [2.05, 4.69) is 18.7 Å². The van der Waals surface area contributed by atoms with E-state index in [0.29, 0.717) is 0 Å². The van der Waals surface area contributed by atoms with E-state index in [-0.39, 0.29) is 0 Å². The highest BCUT2D eigenvalue weighted by molar-refractivity contribution is 4.94. The summed E-state index contributed by atoms with van der Waals surface area (Å²) in [5.74, 6) is 0. The maximum absolute atomic E-state index is 2.95. The van der Waals surface area contributed by atoms with Crippen molar-refractivity contribution in [2.75, 3.05) is 0 Å². The molecule has 1 unspecified atom stereocenters. The van der Waals surface area contributed by atoms with Crippen LogP contribution in [0.25, 0.3) is 0 Å². The van der Waals surface area contributed by atoms with Crippen LogP contribution in [0.15, 0.2) is 0 Å². The number of piperidine rings is 1. The molecule has 0 aromatic heterocycles. The minimum absolute atomic E-state index is 0.938. The second-order valence-electron chi connectivity index (χ2n) is 5.85. The number of rotatable bonds is 5. The first kappa shape index (κ1) is 12.4. The average Bonchev–Trinajstić information content (AvgIpc) is 2.71. The number of nitrogens with zero attached hydrogens (tertiary/aromatic N) is 1. The summed E-state index contributed by atoms with van der Waals surface area (Å²) in [7, 11) is 0. The molecule has 2 aliphatic rings. The van der Waals surface area contributed by atoms with Crippen molar-refractivity contribution in [3.8, 4) is 0 Å². The average molecular weight is 223 g/mol. The van der Waals surface area contributed by atoms with Gasteiger partial charge in [0.05, 0.1) is 0 Å². The Kier molecular flexibility index (Phi) is 4.69. The largest absolute Gasteiger partial charge is 0.294 e. The Morgan fingerprint density at radius 3 is 2.44 bits per heavy atom. The molecule has 0 aromatic rings. The normalized spacial score (nSPS) is 35.2. The highest BCUT2D eigenvalue weighted by atomic mass is 15.2. The van der Waals surface area contributed by atoms with Gasteiger partial charge in [0, 0.05) is 18.1 Å². The van der Waals surface area contributed by atoms with E-state index >= 15 is 0 Å². The van der Waals surface area contributed by atoms with E-state index in [1.54, 1.807) is 0 Å². The predicted octanol–water partition coefficient (Wildman–Crippen LogP) is 4.36. The van der Waals surface area contributed by atoms with Crippen LogP contribution in [0, 0.1) is 0 Å². The van der Waals surface area contributed by atoms with Gasteiger partial charge in [-0.15, -0.1) is 0 Å². The molecular formula is C15H29N. The summed E-state index contributed by atoms with van der Waals surface area (Å²) in [5, 5.41) is 0. The van der Waals surface area contributed by atoms with Crippen LogP contribution in [-0.2, 0) is 0 Å². The smallest absolute Gasteiger partial charge is 0.0102 e. The maximum Gasteiger partial charge on any atom is 0.0102 e. The van der Waals surface area contributed by atoms with Gasteiger partial charge in [-0.1, -0.05) is 39.5 Å². The molecule has 16 heavy (non-hydrogen) atoms. The van der Waals surface area contributed by atoms with E-state index in [1.807, 2.05) is 0 Å². The molecule has 0 bridgehead atoms. The number of unbranched alkanes of at least 4 members (excludes halogenated alkanes) is 1. The monoisotopic (exact) mass is 223 g/mol. The predicted molar refractivity (Wildman–Crippen MR) is 70.7 cm³/mol. The first-order valence-electron chi connectivity index (χ1n) is 7.64. The Labute approximate surface area is 102 Å². The standard InChI is InChI=1S/C15H29N/c1-3-5-8-14-11-12-15-10-6-9-13(7-4-2)16(14)15/h13-15H,3-12H2,1-2H3/t13-,14?,15-/m0/s1. The lowest BCUT2D eigenvalue weighted by molar-refractivity contribution is 0.0715. The van der Waals surface area contributed by atoms with Crippen molar-refractivity contribution in [1.29, 1.82) is 0 Å². The Morgan fingerprint density at radius 1 is 0.875 bits per heavy atom. The maximum atomic E-state index is 2.95. The van der Waals surface area contributed by atoms with E-state index in [9.17, 15) is 0 Å². The minimum atomic E-state index is 0.938. The summed E-state index contributed by atoms with van der Waals surface area (Å²) in [6.07, 6.45) is 14.5. The van der Waals surface area contributed by atoms with E-state index in [0.717, 1.165) is 18.1 Å². The fourth-order valence-corrected chi connectivity index (χ4v) is 3.97. The number of hydrogen-bond donors (Lipinski definition) is 0. The van der Waals surface area contributed by atoms with Crippen molar-refractivity contribution < 1.29 is 0 Å². The van der Waals surface area contributed by atoms with Crippen LogP contribution in [0.3, 0.4) is 0 Å². The lowest BCUT2D eigenvalue weighted by Crippen LogP contribution is -2.46. The number of fused-ring (bicyclic) bond motifs is 1. The molecule has 0 N–H and O–H groups in total. The van der Waals surface area contributed by atoms with Gasteiger partial charge in [-0.25, -0.2) is 0 Å². The Balaban J connectivity index is 1.94. The molecule has 3 atom stereocenters. The Morgan fingerprint density at radius 2 is 1.69 bits per heavy atom. The quantitative estimate of drug-likeness (QED) is 0.669. The van der Waals surface area contributed by atoms with Crippen molar-refractivity contribution in [3.05, 3.63) is 0 Å². The van der Waals surface area contributed by atoms with Gasteiger partial charge >= 0.3 is 0 Å². The fourth-order valence-electron chi connectivity index (χ4n) is 3.97. The van der Waals surface area contributed by atoms with Crippen LogP contribution in [0.1, 0.15) is 78.1 Å². The molecule has 1 nitrogen and oxygen atoms in total. The van der Waals surface area contributed by atoms with Crippen molar-refractivity contribution in [2.24, 2.45) is 0 Å². The van der Waals surface area contributed by atoms with Gasteiger partial charge in [-0.05, 0) is 38.5 Å². The summed E-state index contributed by atoms with van der Waals surface area (Å²) < 4.78 is 0. The molecular weight excluding hydrogens is 194 g/mol. The van der Waals surface area contributed by atoms with Gasteiger partial charge in [0.25, 0.3) is 0 Å². The lowest BCUT2D eigenvalue weighted by Gasteiger charge is -2.41. The summed E-state index contributed by atoms with van der Waals surface area (Å²) in [6.45, 7) is 4.67. The van der Waals surface area contributed by atoms with Gasteiger partial charge in [-0.2, -0.15) is 0 Å². The molecule has 2 heterocycles. The van der Waals surface area contributed by atoms with Gasteiger partial charge in [-0.3, -0.25) is 4.90 Å². The van der Waals surface area contributed by atoms with Crippen molar-refractivity contribution in [2.45, 2.75) is 96.2 Å². The third kappa shape index (κ3) is 2.61. The lowest BCUT2D eigenvalue weighted by atomic mass is 9.93. The molecule has 94 valence electrons. The Bertz CT molecular complexity index is 200. The fraction of sp³-hybridized carbons (Fsp3) is 1.00. The molecule has 2 aliphatic heterocycles. The van der Waals surface area contributed by atoms with Crippen molar-refractivity contribution in [3.63, 3.8) is 0 Å². The highest BCUT2D eigenvalue weighted by Gasteiger charge is 2.39. The first-order chi connectivity index (χ1) is 7.86. The van der Waals surface area contributed by atoms with E-state index in [1.165, 1.54) is 64.2 Å². The molecule has 1 heteroatoms. The molecule has 0 aliphatic carbocycles. The van der Waals surface area contributed by atoms with Gasteiger partial charge in [0.1, 0.15) is 0 Å². The van der Waals surface area contributed by atoms with Crippen LogP contribution < -0.4 is 0 Å². The molecule has 0 aromatic carbocycles. The van der Waals surface area contributed by atoms with Gasteiger partial charge in [0.2, 0.25) is 0 Å². The summed E-state index contributed by atoms with van der Waals surface area (Å²) in [4.78, 5) is 2.95. The van der Waals surface area contributed by atoms with E-state index < -0.39 is 0 Å². The van der Waals surface area contributed by atoms with Crippen LogP contribution >= 0.6 is 0 Å². The zero-order chi connectivity index (χ0) is 11.4. The zero-order valence-electron chi connectivity index (χ0n) is 11.3. The van der Waals surface area contributed by atoms with Crippen molar-refractivity contribution >= 4 is 0 Å². The summed E-state index contributed by atoms with van der Waals surface area (Å²) in [5.41, 5.74) is 0. The second kappa shape index (κ2) is 6.05. The summed E-state index contributed by atoms with van der Waals surface area (Å²) >= 11 is 0. The highest BCUT2D eigenvalue weighted by Crippen LogP contribution is 2.38. The molecule has 0 amide bonds. The Hall–Kier alpha value is -0.0400. The van der Waals surface area contributed by atoms with E-state index in [4.69, 9.17) is 0 Å². The molecule has 0 radical (unpaired) electrons. The molecule has 0 saturated carbocycles. The molecule has 2 rings (SSSR count). The first-order valence-corrected chi connectivity index (χ1v) is 7.64. The molecule has 2 fully saturated rings. The van der Waals surface area contributed by atoms with Gasteiger partial charge in [0.15, 0.2) is 0 Å². The second-order valence-corrected chi connectivity index (χ2v) is 5.85. The van der Waals surface area contributed by atoms with Crippen molar-refractivity contribution in [1.82, 2.24) is 4.90 Å². The molecule has 0 spiro atoms. The summed E-state index contributed by atoms with van der Waals surface area (Å²) in [6, 6.07) is 2.85. The zero-order valence-corrected chi connectivity index (χ0v) is 11.3. The minimum Gasteiger partial charge on any atom is -0.294 e. The van der Waals surface area contributed by atoms with Crippen LogP contribution in [0.5, 0.6) is 0 Å². The third-order valence-corrected chi connectivity index (χ3v) is 4.69. The van der Waals surface area contributed by atoms with Crippen LogP contribution in [0.4, 0.5) is 0 Å². The SMILES string of the molecule is CCCCC1CC[C@@H]2CCC[C@H](CCC)N12. The molecule has 2 saturated heterocycles. The topological polar surface area (TPSA) is 3.24 Å². The third-order valence-electron chi connectivity index (χ3n) is 4.69.